The Kier molecular flexibility index (Phi) is 6.05. The van der Waals surface area contributed by atoms with Crippen LogP contribution in [0.25, 0.3) is 0 Å². The first kappa shape index (κ1) is 17.9. The van der Waals surface area contributed by atoms with E-state index in [0.717, 1.165) is 0 Å². The Bertz CT molecular complexity index is 791. The van der Waals surface area contributed by atoms with Crippen molar-refractivity contribution in [2.45, 2.75) is 0 Å². The molecule has 0 fully saturated rings. The van der Waals surface area contributed by atoms with E-state index in [1.54, 1.807) is 12.1 Å². The SMILES string of the molecule is COc1ccc(OC)c(NC(=O)C(=O)N/N=C\c2ccc(F)cc2)c1. The first-order chi connectivity index (χ1) is 12.0. The number of ether oxygens (including phenoxy) is 2. The molecule has 0 atom stereocenters. The molecule has 2 aromatic rings. The van der Waals surface area contributed by atoms with E-state index in [1.165, 1.54) is 50.8 Å². The maximum atomic E-state index is 12.8. The molecule has 0 aliphatic rings. The lowest BCUT2D eigenvalue weighted by Gasteiger charge is -2.11. The minimum Gasteiger partial charge on any atom is -0.497 e. The second-order valence-corrected chi connectivity index (χ2v) is 4.77. The first-order valence-electron chi connectivity index (χ1n) is 7.15. The number of nitrogens with zero attached hydrogens (tertiary/aromatic N) is 1. The molecule has 2 aromatic carbocycles. The molecule has 0 aliphatic carbocycles. The Morgan fingerprint density at radius 1 is 1.04 bits per heavy atom. The molecule has 8 heteroatoms. The van der Waals surface area contributed by atoms with E-state index in [-0.39, 0.29) is 11.5 Å². The highest BCUT2D eigenvalue weighted by Crippen LogP contribution is 2.28. The van der Waals surface area contributed by atoms with Crippen LogP contribution in [-0.2, 0) is 9.59 Å². The Labute approximate surface area is 143 Å². The van der Waals surface area contributed by atoms with E-state index in [2.05, 4.69) is 15.8 Å². The molecule has 130 valence electrons. The lowest BCUT2D eigenvalue weighted by molar-refractivity contribution is -0.136. The summed E-state index contributed by atoms with van der Waals surface area (Å²) in [5.74, 6) is -1.42. The number of methoxy groups -OCH3 is 2. The number of halogens is 1. The average Bonchev–Trinajstić information content (AvgIpc) is 2.63. The Morgan fingerprint density at radius 2 is 1.76 bits per heavy atom. The highest BCUT2D eigenvalue weighted by atomic mass is 19.1. The van der Waals surface area contributed by atoms with E-state index in [0.29, 0.717) is 17.1 Å². The van der Waals surface area contributed by atoms with Crippen LogP contribution in [0.1, 0.15) is 5.56 Å². The zero-order valence-electron chi connectivity index (χ0n) is 13.6. The van der Waals surface area contributed by atoms with Gasteiger partial charge >= 0.3 is 11.8 Å². The van der Waals surface area contributed by atoms with Gasteiger partial charge < -0.3 is 14.8 Å². The maximum Gasteiger partial charge on any atom is 0.329 e. The van der Waals surface area contributed by atoms with Crippen molar-refractivity contribution in [3.63, 3.8) is 0 Å². The van der Waals surface area contributed by atoms with E-state index in [4.69, 9.17) is 9.47 Å². The molecule has 0 spiro atoms. The van der Waals surface area contributed by atoms with Gasteiger partial charge in [0.15, 0.2) is 0 Å². The number of hydrogen-bond acceptors (Lipinski definition) is 5. The van der Waals surface area contributed by atoms with E-state index < -0.39 is 11.8 Å². The van der Waals surface area contributed by atoms with Crippen LogP contribution >= 0.6 is 0 Å². The maximum absolute atomic E-state index is 12.8. The molecule has 7 nitrogen and oxygen atoms in total. The van der Waals surface area contributed by atoms with E-state index >= 15 is 0 Å². The molecule has 0 heterocycles. The van der Waals surface area contributed by atoms with Crippen molar-refractivity contribution in [2.75, 3.05) is 19.5 Å². The fraction of sp³-hybridized carbons (Fsp3) is 0.118. The fourth-order valence-electron chi connectivity index (χ4n) is 1.86. The van der Waals surface area contributed by atoms with Crippen molar-refractivity contribution in [2.24, 2.45) is 5.10 Å². The van der Waals surface area contributed by atoms with Crippen molar-refractivity contribution in [1.29, 1.82) is 0 Å². The van der Waals surface area contributed by atoms with Gasteiger partial charge in [0.1, 0.15) is 17.3 Å². The average molecular weight is 345 g/mol. The van der Waals surface area contributed by atoms with Crippen LogP contribution in [0.3, 0.4) is 0 Å². The number of amides is 2. The second-order valence-electron chi connectivity index (χ2n) is 4.77. The van der Waals surface area contributed by atoms with Crippen molar-refractivity contribution in [3.05, 3.63) is 53.8 Å². The fourth-order valence-corrected chi connectivity index (χ4v) is 1.86. The molecular weight excluding hydrogens is 329 g/mol. The van der Waals surface area contributed by atoms with Gasteiger partial charge in [0.05, 0.1) is 26.1 Å². The number of hydrazone groups is 1. The van der Waals surface area contributed by atoms with Crippen molar-refractivity contribution in [3.8, 4) is 11.5 Å². The monoisotopic (exact) mass is 345 g/mol. The number of carbonyl (C=O) groups excluding carboxylic acids is 2. The molecule has 0 aromatic heterocycles. The number of rotatable bonds is 5. The van der Waals surface area contributed by atoms with Crippen LogP contribution in [-0.4, -0.2) is 32.2 Å². The van der Waals surface area contributed by atoms with Gasteiger partial charge in [-0.1, -0.05) is 12.1 Å². The number of benzene rings is 2. The van der Waals surface area contributed by atoms with Crippen molar-refractivity contribution in [1.82, 2.24) is 5.43 Å². The van der Waals surface area contributed by atoms with Crippen LogP contribution in [0.5, 0.6) is 11.5 Å². The van der Waals surface area contributed by atoms with Gasteiger partial charge in [-0.3, -0.25) is 9.59 Å². The largest absolute Gasteiger partial charge is 0.497 e. The molecule has 0 bridgehead atoms. The third-order valence-electron chi connectivity index (χ3n) is 3.11. The molecule has 25 heavy (non-hydrogen) atoms. The van der Waals surface area contributed by atoms with Gasteiger partial charge in [-0.15, -0.1) is 0 Å². The Balaban J connectivity index is 1.98. The minimum atomic E-state index is -0.969. The van der Waals surface area contributed by atoms with Crippen molar-refractivity contribution >= 4 is 23.7 Å². The summed E-state index contributed by atoms with van der Waals surface area (Å²) < 4.78 is 23.0. The zero-order valence-corrected chi connectivity index (χ0v) is 13.6. The Hall–Kier alpha value is -3.42. The highest BCUT2D eigenvalue weighted by molar-refractivity contribution is 6.39. The van der Waals surface area contributed by atoms with Crippen LogP contribution in [0, 0.1) is 5.82 Å². The van der Waals surface area contributed by atoms with Gasteiger partial charge in [0.2, 0.25) is 0 Å². The summed E-state index contributed by atoms with van der Waals surface area (Å²) >= 11 is 0. The minimum absolute atomic E-state index is 0.282. The zero-order chi connectivity index (χ0) is 18.2. The third-order valence-corrected chi connectivity index (χ3v) is 3.11. The summed E-state index contributed by atoms with van der Waals surface area (Å²) in [4.78, 5) is 23.7. The summed E-state index contributed by atoms with van der Waals surface area (Å²) in [6.45, 7) is 0. The smallest absolute Gasteiger partial charge is 0.329 e. The molecule has 0 aliphatic heterocycles. The molecule has 0 saturated heterocycles. The normalized spacial score (nSPS) is 10.4. The molecule has 0 radical (unpaired) electrons. The lowest BCUT2D eigenvalue weighted by atomic mass is 10.2. The van der Waals surface area contributed by atoms with Gasteiger partial charge in [0.25, 0.3) is 0 Å². The lowest BCUT2D eigenvalue weighted by Crippen LogP contribution is -2.32. The second kappa shape index (κ2) is 8.44. The topological polar surface area (TPSA) is 89.0 Å². The summed E-state index contributed by atoms with van der Waals surface area (Å²) in [5, 5.41) is 6.06. The number of carbonyl (C=O) groups is 2. The number of nitrogens with one attached hydrogen (secondary N) is 2. The molecule has 0 saturated carbocycles. The van der Waals surface area contributed by atoms with Gasteiger partial charge in [-0.25, -0.2) is 9.82 Å². The van der Waals surface area contributed by atoms with Gasteiger partial charge in [-0.2, -0.15) is 5.10 Å². The van der Waals surface area contributed by atoms with E-state index in [9.17, 15) is 14.0 Å². The highest BCUT2D eigenvalue weighted by Gasteiger charge is 2.16. The number of anilines is 1. The first-order valence-corrected chi connectivity index (χ1v) is 7.15. The van der Waals surface area contributed by atoms with Crippen LogP contribution < -0.4 is 20.2 Å². The molecule has 2 amide bonds. The summed E-state index contributed by atoms with van der Waals surface area (Å²) in [6.07, 6.45) is 1.29. The molecule has 0 unspecified atom stereocenters. The summed E-state index contributed by atoms with van der Waals surface area (Å²) in [6, 6.07) is 10.2. The number of hydrogen-bond donors (Lipinski definition) is 2. The van der Waals surface area contributed by atoms with Gasteiger partial charge in [0, 0.05) is 6.07 Å². The van der Waals surface area contributed by atoms with Gasteiger partial charge in [-0.05, 0) is 29.8 Å². The van der Waals surface area contributed by atoms with E-state index in [1.807, 2.05) is 0 Å². The summed E-state index contributed by atoms with van der Waals surface area (Å²) in [5.41, 5.74) is 2.93. The third kappa shape index (κ3) is 5.03. The predicted molar refractivity (Wildman–Crippen MR) is 90.3 cm³/mol. The van der Waals surface area contributed by atoms with Crippen LogP contribution in [0.4, 0.5) is 10.1 Å². The molecule has 2 rings (SSSR count). The molecular formula is C17H16FN3O4. The standard InChI is InChI=1S/C17H16FN3O4/c1-24-13-7-8-15(25-2)14(9-13)20-16(22)17(23)21-19-10-11-3-5-12(18)6-4-11/h3-10H,1-2H3,(H,20,22)(H,21,23)/b19-10-. The molecule has 2 N–H and O–H groups in total. The Morgan fingerprint density at radius 3 is 2.40 bits per heavy atom. The summed E-state index contributed by atoms with van der Waals surface area (Å²) in [7, 11) is 2.91. The van der Waals surface area contributed by atoms with Crippen LogP contribution in [0.2, 0.25) is 0 Å². The predicted octanol–water partition coefficient (Wildman–Crippen LogP) is 1.93. The quantitative estimate of drug-likeness (QED) is 0.492. The van der Waals surface area contributed by atoms with Crippen molar-refractivity contribution < 1.29 is 23.5 Å². The van der Waals surface area contributed by atoms with Crippen LogP contribution in [0.15, 0.2) is 47.6 Å².